The van der Waals surface area contributed by atoms with Gasteiger partial charge in [0.1, 0.15) is 11.5 Å². The van der Waals surface area contributed by atoms with Crippen LogP contribution in [-0.4, -0.2) is 50.8 Å². The maximum atomic E-state index is 14.2. The largest absolute Gasteiger partial charge is 0.508 e. The van der Waals surface area contributed by atoms with Crippen LogP contribution in [-0.2, 0) is 32.0 Å². The fourth-order valence-corrected chi connectivity index (χ4v) is 7.30. The third-order valence-electron chi connectivity index (χ3n) is 8.90. The zero-order valence-corrected chi connectivity index (χ0v) is 24.7. The standard InChI is InChI=1S/C32H40O8/c1-15(2)13-40-22(34)10-19-9-20(16(3)4)21-12-30(7)14-31(8)11-17(5)23(18(6)33)28(37)32(31,39)29(38)25(30)27(36)24(21)26(19)35/h9,15-16,35,38-39H,10-14H2,1-8H3. The molecule has 3 atom stereocenters. The van der Waals surface area contributed by atoms with E-state index < -0.39 is 45.5 Å². The van der Waals surface area contributed by atoms with Gasteiger partial charge in [-0.25, -0.2) is 0 Å². The van der Waals surface area contributed by atoms with Gasteiger partial charge in [0.05, 0.1) is 24.2 Å². The molecule has 0 amide bonds. The summed E-state index contributed by atoms with van der Waals surface area (Å²) in [5.41, 5.74) is -2.73. The highest BCUT2D eigenvalue weighted by molar-refractivity contribution is 6.25. The van der Waals surface area contributed by atoms with Crippen molar-refractivity contribution in [1.82, 2.24) is 0 Å². The van der Waals surface area contributed by atoms with Gasteiger partial charge in [0.2, 0.25) is 5.78 Å². The van der Waals surface area contributed by atoms with Crippen molar-refractivity contribution in [2.45, 2.75) is 92.6 Å². The van der Waals surface area contributed by atoms with Gasteiger partial charge in [-0.3, -0.25) is 19.2 Å². The molecule has 0 saturated carbocycles. The highest BCUT2D eigenvalue weighted by Crippen LogP contribution is 2.62. The number of rotatable bonds is 6. The van der Waals surface area contributed by atoms with Crippen LogP contribution in [0, 0.1) is 16.7 Å². The van der Waals surface area contributed by atoms with Crippen LogP contribution in [0.15, 0.2) is 28.5 Å². The van der Waals surface area contributed by atoms with Gasteiger partial charge in [-0.15, -0.1) is 0 Å². The van der Waals surface area contributed by atoms with E-state index >= 15 is 0 Å². The van der Waals surface area contributed by atoms with Crippen LogP contribution in [0.2, 0.25) is 0 Å². The second-order valence-electron chi connectivity index (χ2n) is 13.2. The van der Waals surface area contributed by atoms with Gasteiger partial charge in [0, 0.05) is 22.0 Å². The van der Waals surface area contributed by atoms with Crippen molar-refractivity contribution in [3.63, 3.8) is 0 Å². The number of benzene rings is 1. The molecule has 0 heterocycles. The molecule has 0 fully saturated rings. The van der Waals surface area contributed by atoms with E-state index in [0.717, 1.165) is 5.56 Å². The average Bonchev–Trinajstić information content (AvgIpc) is 2.81. The lowest BCUT2D eigenvalue weighted by Gasteiger charge is -2.56. The predicted octanol–water partition coefficient (Wildman–Crippen LogP) is 4.83. The number of ketones is 3. The minimum Gasteiger partial charge on any atom is -0.508 e. The van der Waals surface area contributed by atoms with Gasteiger partial charge in [-0.05, 0) is 56.1 Å². The zero-order valence-electron chi connectivity index (χ0n) is 24.7. The minimum atomic E-state index is -2.47. The third-order valence-corrected chi connectivity index (χ3v) is 8.90. The van der Waals surface area contributed by atoms with Crippen molar-refractivity contribution < 1.29 is 39.2 Å². The second-order valence-corrected chi connectivity index (χ2v) is 13.2. The summed E-state index contributed by atoms with van der Waals surface area (Å²) >= 11 is 0. The van der Waals surface area contributed by atoms with Crippen LogP contribution in [0.3, 0.4) is 0 Å². The molecular weight excluding hydrogens is 512 g/mol. The van der Waals surface area contributed by atoms with E-state index in [-0.39, 0.29) is 72.1 Å². The molecule has 4 rings (SSSR count). The Balaban J connectivity index is 1.93. The lowest BCUT2D eigenvalue weighted by molar-refractivity contribution is -0.157. The van der Waals surface area contributed by atoms with E-state index in [1.165, 1.54) is 6.92 Å². The second kappa shape index (κ2) is 9.68. The number of ether oxygens (including phenoxy) is 1. The van der Waals surface area contributed by atoms with Crippen LogP contribution in [0.5, 0.6) is 5.75 Å². The highest BCUT2D eigenvalue weighted by Gasteiger charge is 2.67. The van der Waals surface area contributed by atoms with Gasteiger partial charge in [-0.1, -0.05) is 53.2 Å². The Hall–Kier alpha value is -3.26. The number of Topliss-reactive ketones (excluding diaryl/α,β-unsaturated/α-hetero) is 3. The van der Waals surface area contributed by atoms with Crippen molar-refractivity contribution in [2.75, 3.05) is 6.61 Å². The molecule has 8 nitrogen and oxygen atoms in total. The molecule has 1 aromatic carbocycles. The molecule has 0 bridgehead atoms. The summed E-state index contributed by atoms with van der Waals surface area (Å²) in [6.45, 7) is 14.4. The molecule has 216 valence electrons. The lowest BCUT2D eigenvalue weighted by Crippen LogP contribution is -2.63. The summed E-state index contributed by atoms with van der Waals surface area (Å²) in [5.74, 6) is -3.71. The number of esters is 1. The number of fused-ring (bicyclic) bond motifs is 3. The molecule has 0 spiro atoms. The maximum Gasteiger partial charge on any atom is 0.310 e. The summed E-state index contributed by atoms with van der Waals surface area (Å²) < 4.78 is 5.30. The van der Waals surface area contributed by atoms with Crippen LogP contribution in [0.4, 0.5) is 0 Å². The first-order chi connectivity index (χ1) is 18.4. The van der Waals surface area contributed by atoms with Crippen molar-refractivity contribution in [1.29, 1.82) is 0 Å². The number of aliphatic hydroxyl groups is 2. The van der Waals surface area contributed by atoms with E-state index in [1.807, 2.05) is 34.6 Å². The number of aromatic hydroxyl groups is 1. The monoisotopic (exact) mass is 552 g/mol. The van der Waals surface area contributed by atoms with Crippen LogP contribution in [0.25, 0.3) is 0 Å². The van der Waals surface area contributed by atoms with Gasteiger partial charge in [-0.2, -0.15) is 0 Å². The Morgan fingerprint density at radius 1 is 1.07 bits per heavy atom. The average molecular weight is 553 g/mol. The zero-order chi connectivity index (χ0) is 30.1. The van der Waals surface area contributed by atoms with E-state index in [4.69, 9.17) is 4.74 Å². The molecule has 0 radical (unpaired) electrons. The molecule has 3 aliphatic carbocycles. The fourth-order valence-electron chi connectivity index (χ4n) is 7.30. The topological polar surface area (TPSA) is 138 Å². The molecule has 3 N–H and O–H groups in total. The molecule has 0 aromatic heterocycles. The fraction of sp³-hybridized carbons (Fsp3) is 0.562. The first-order valence-corrected chi connectivity index (χ1v) is 13.9. The van der Waals surface area contributed by atoms with E-state index in [1.54, 1.807) is 19.9 Å². The van der Waals surface area contributed by atoms with Crippen molar-refractivity contribution in [3.8, 4) is 5.75 Å². The van der Waals surface area contributed by atoms with Crippen LogP contribution in [0.1, 0.15) is 101 Å². The summed E-state index contributed by atoms with van der Waals surface area (Å²) in [6.07, 6.45) is 0.414. The SMILES string of the molecule is CC(=O)C1=C(C)CC2(C)CC3(C)Cc4c(C(C)C)cc(CC(=O)OCC(C)C)c(O)c4C(=O)C3=C(O)C2(O)C1=O. The Morgan fingerprint density at radius 2 is 1.70 bits per heavy atom. The van der Waals surface area contributed by atoms with Crippen LogP contribution >= 0.6 is 0 Å². The number of phenols is 1. The molecule has 8 heteroatoms. The maximum absolute atomic E-state index is 14.2. The van der Waals surface area contributed by atoms with E-state index in [9.17, 15) is 34.5 Å². The number of allylic oxidation sites excluding steroid dienone is 2. The smallest absolute Gasteiger partial charge is 0.310 e. The van der Waals surface area contributed by atoms with Crippen molar-refractivity contribution >= 4 is 23.3 Å². The summed E-state index contributed by atoms with van der Waals surface area (Å²) in [7, 11) is 0. The van der Waals surface area contributed by atoms with Gasteiger partial charge in [0.15, 0.2) is 17.2 Å². The molecular formula is C32H40O8. The van der Waals surface area contributed by atoms with Crippen molar-refractivity contribution in [2.24, 2.45) is 16.7 Å². The summed E-state index contributed by atoms with van der Waals surface area (Å²) in [6, 6.07) is 1.75. The predicted molar refractivity (Wildman–Crippen MR) is 148 cm³/mol. The number of hydrogen-bond acceptors (Lipinski definition) is 8. The summed E-state index contributed by atoms with van der Waals surface area (Å²) in [5, 5.41) is 34.9. The van der Waals surface area contributed by atoms with E-state index in [0.29, 0.717) is 11.1 Å². The molecule has 0 aliphatic heterocycles. The van der Waals surface area contributed by atoms with Gasteiger partial charge < -0.3 is 20.1 Å². The Labute approximate surface area is 235 Å². The van der Waals surface area contributed by atoms with E-state index in [2.05, 4.69) is 0 Å². The van der Waals surface area contributed by atoms with Gasteiger partial charge >= 0.3 is 5.97 Å². The van der Waals surface area contributed by atoms with Gasteiger partial charge in [0.25, 0.3) is 0 Å². The van der Waals surface area contributed by atoms with Crippen molar-refractivity contribution in [3.05, 3.63) is 50.8 Å². The first-order valence-electron chi connectivity index (χ1n) is 13.9. The molecule has 3 aliphatic rings. The quantitative estimate of drug-likeness (QED) is 0.337. The minimum absolute atomic E-state index is 0.0362. The third kappa shape index (κ3) is 4.23. The lowest BCUT2D eigenvalue weighted by atomic mass is 9.47. The Morgan fingerprint density at radius 3 is 2.25 bits per heavy atom. The number of phenolic OH excluding ortho intramolecular Hbond substituents is 1. The number of hydrogen-bond donors (Lipinski definition) is 3. The number of aliphatic hydroxyl groups excluding tert-OH is 1. The number of carbonyl (C=O) groups excluding carboxylic acids is 4. The normalized spacial score (nSPS) is 28.1. The first kappa shape index (κ1) is 29.7. The summed E-state index contributed by atoms with van der Waals surface area (Å²) in [4.78, 5) is 52.8. The number of carbonyl (C=O) groups is 4. The highest BCUT2D eigenvalue weighted by atomic mass is 16.5. The molecule has 40 heavy (non-hydrogen) atoms. The molecule has 0 saturated heterocycles. The van der Waals surface area contributed by atoms with Crippen LogP contribution < -0.4 is 0 Å². The molecule has 1 aromatic rings. The Bertz CT molecular complexity index is 1410. The Kier molecular flexibility index (Phi) is 7.19. The molecule has 3 unspecified atom stereocenters.